The number of hydrogen-bond acceptors (Lipinski definition) is 1. The van der Waals surface area contributed by atoms with Crippen LogP contribution in [0.25, 0.3) is 0 Å². The molecule has 1 N–H and O–H groups in total. The van der Waals surface area contributed by atoms with Crippen molar-refractivity contribution in [3.8, 4) is 0 Å². The second-order valence-electron chi connectivity index (χ2n) is 7.91. The van der Waals surface area contributed by atoms with Crippen molar-refractivity contribution in [3.63, 3.8) is 0 Å². The molecule has 18 heavy (non-hydrogen) atoms. The minimum atomic E-state index is 0.516. The summed E-state index contributed by atoms with van der Waals surface area (Å²) >= 11 is 0. The lowest BCUT2D eigenvalue weighted by atomic mass is 9.71. The van der Waals surface area contributed by atoms with Crippen molar-refractivity contribution in [2.75, 3.05) is 0 Å². The van der Waals surface area contributed by atoms with Crippen molar-refractivity contribution in [2.24, 2.45) is 17.3 Å². The van der Waals surface area contributed by atoms with E-state index in [1.807, 2.05) is 0 Å². The predicted molar refractivity (Wildman–Crippen MR) is 79.8 cm³/mol. The molecule has 2 saturated carbocycles. The van der Waals surface area contributed by atoms with E-state index in [2.05, 4.69) is 33.0 Å². The molecule has 0 saturated heterocycles. The Morgan fingerprint density at radius 1 is 0.889 bits per heavy atom. The van der Waals surface area contributed by atoms with Crippen molar-refractivity contribution in [2.45, 2.75) is 91.1 Å². The molecule has 2 aliphatic carbocycles. The topological polar surface area (TPSA) is 12.0 Å². The molecule has 1 heteroatoms. The summed E-state index contributed by atoms with van der Waals surface area (Å²) in [6, 6.07) is 1.56. The summed E-state index contributed by atoms with van der Waals surface area (Å²) < 4.78 is 0. The molecule has 0 radical (unpaired) electrons. The van der Waals surface area contributed by atoms with E-state index in [4.69, 9.17) is 0 Å². The first kappa shape index (κ1) is 14.4. The Bertz CT molecular complexity index is 239. The van der Waals surface area contributed by atoms with Gasteiger partial charge in [0.2, 0.25) is 0 Å². The molecule has 0 aromatic carbocycles. The average Bonchev–Trinajstić information content (AvgIpc) is 2.82. The quantitative estimate of drug-likeness (QED) is 0.762. The van der Waals surface area contributed by atoms with Gasteiger partial charge in [-0.15, -0.1) is 0 Å². The summed E-state index contributed by atoms with van der Waals surface area (Å²) in [7, 11) is 0. The molecular formula is C17H33N. The van der Waals surface area contributed by atoms with Crippen LogP contribution in [0.15, 0.2) is 0 Å². The van der Waals surface area contributed by atoms with E-state index >= 15 is 0 Å². The van der Waals surface area contributed by atoms with Gasteiger partial charge in [0.25, 0.3) is 0 Å². The first-order valence-electron chi connectivity index (χ1n) is 8.23. The van der Waals surface area contributed by atoms with E-state index in [0.717, 1.165) is 23.9 Å². The fraction of sp³-hybridized carbons (Fsp3) is 1.00. The van der Waals surface area contributed by atoms with Gasteiger partial charge in [-0.05, 0) is 62.7 Å². The fourth-order valence-electron chi connectivity index (χ4n) is 4.09. The Hall–Kier alpha value is -0.0400. The summed E-state index contributed by atoms with van der Waals surface area (Å²) in [6.07, 6.45) is 11.5. The van der Waals surface area contributed by atoms with Gasteiger partial charge in [-0.3, -0.25) is 0 Å². The standard InChI is InChI=1S/C17H33N/c1-13(14-7-5-6-8-14)18-16-11-9-15(10-12-16)17(2,3)4/h13-16,18H,5-12H2,1-4H3. The Kier molecular flexibility index (Phi) is 4.75. The summed E-state index contributed by atoms with van der Waals surface area (Å²) in [4.78, 5) is 0. The fourth-order valence-corrected chi connectivity index (χ4v) is 4.09. The van der Waals surface area contributed by atoms with Crippen LogP contribution in [0.5, 0.6) is 0 Å². The van der Waals surface area contributed by atoms with E-state index in [1.54, 1.807) is 0 Å². The van der Waals surface area contributed by atoms with Gasteiger partial charge in [0.05, 0.1) is 0 Å². The van der Waals surface area contributed by atoms with Crippen LogP contribution in [0.3, 0.4) is 0 Å². The molecule has 106 valence electrons. The normalized spacial score (nSPS) is 32.7. The third-order valence-electron chi connectivity index (χ3n) is 5.56. The zero-order valence-electron chi connectivity index (χ0n) is 13.0. The molecule has 0 spiro atoms. The molecule has 1 unspecified atom stereocenters. The second-order valence-corrected chi connectivity index (χ2v) is 7.91. The molecule has 0 aliphatic heterocycles. The van der Waals surface area contributed by atoms with Crippen LogP contribution in [-0.2, 0) is 0 Å². The van der Waals surface area contributed by atoms with Crippen LogP contribution in [0.1, 0.15) is 79.1 Å². The Balaban J connectivity index is 1.73. The Morgan fingerprint density at radius 3 is 1.94 bits per heavy atom. The summed E-state index contributed by atoms with van der Waals surface area (Å²) in [6.45, 7) is 9.65. The highest BCUT2D eigenvalue weighted by molar-refractivity contribution is 4.86. The van der Waals surface area contributed by atoms with Crippen LogP contribution < -0.4 is 5.32 Å². The third kappa shape index (κ3) is 3.73. The van der Waals surface area contributed by atoms with Crippen molar-refractivity contribution in [1.29, 1.82) is 0 Å². The monoisotopic (exact) mass is 251 g/mol. The molecule has 0 heterocycles. The smallest absolute Gasteiger partial charge is 0.00698 e. The molecular weight excluding hydrogens is 218 g/mol. The van der Waals surface area contributed by atoms with Crippen molar-refractivity contribution in [1.82, 2.24) is 5.32 Å². The molecule has 2 aliphatic rings. The zero-order valence-corrected chi connectivity index (χ0v) is 13.0. The third-order valence-corrected chi connectivity index (χ3v) is 5.56. The van der Waals surface area contributed by atoms with Crippen molar-refractivity contribution < 1.29 is 0 Å². The highest BCUT2D eigenvalue weighted by Gasteiger charge is 2.31. The van der Waals surface area contributed by atoms with E-state index in [1.165, 1.54) is 51.4 Å². The molecule has 2 rings (SSSR count). The molecule has 0 amide bonds. The first-order chi connectivity index (χ1) is 8.47. The van der Waals surface area contributed by atoms with Gasteiger partial charge in [0, 0.05) is 12.1 Å². The Labute approximate surface area is 114 Å². The predicted octanol–water partition coefficient (Wildman–Crippen LogP) is 4.76. The van der Waals surface area contributed by atoms with Crippen LogP contribution in [0.2, 0.25) is 0 Å². The Morgan fingerprint density at radius 2 is 1.44 bits per heavy atom. The van der Waals surface area contributed by atoms with Crippen molar-refractivity contribution in [3.05, 3.63) is 0 Å². The van der Waals surface area contributed by atoms with Gasteiger partial charge >= 0.3 is 0 Å². The maximum absolute atomic E-state index is 3.93. The maximum atomic E-state index is 3.93. The minimum absolute atomic E-state index is 0.516. The van der Waals surface area contributed by atoms with E-state index in [9.17, 15) is 0 Å². The highest BCUT2D eigenvalue weighted by Crippen LogP contribution is 2.38. The largest absolute Gasteiger partial charge is 0.311 e. The second kappa shape index (κ2) is 5.94. The zero-order chi connectivity index (χ0) is 13.2. The van der Waals surface area contributed by atoms with Crippen LogP contribution in [0, 0.1) is 17.3 Å². The van der Waals surface area contributed by atoms with Gasteiger partial charge in [-0.2, -0.15) is 0 Å². The van der Waals surface area contributed by atoms with Crippen molar-refractivity contribution >= 4 is 0 Å². The van der Waals surface area contributed by atoms with Gasteiger partial charge in [-0.1, -0.05) is 33.6 Å². The molecule has 0 aromatic heterocycles. The summed E-state index contributed by atoms with van der Waals surface area (Å²) in [5, 5.41) is 3.93. The number of hydrogen-bond donors (Lipinski definition) is 1. The minimum Gasteiger partial charge on any atom is -0.311 e. The lowest BCUT2D eigenvalue weighted by molar-refractivity contribution is 0.152. The first-order valence-corrected chi connectivity index (χ1v) is 8.23. The molecule has 1 nitrogen and oxygen atoms in total. The molecule has 1 atom stereocenters. The SMILES string of the molecule is CC(NC1CCC(C(C)(C)C)CC1)C1CCCC1. The van der Waals surface area contributed by atoms with E-state index < -0.39 is 0 Å². The van der Waals surface area contributed by atoms with E-state index in [-0.39, 0.29) is 0 Å². The number of nitrogens with one attached hydrogen (secondary N) is 1. The average molecular weight is 251 g/mol. The van der Waals surface area contributed by atoms with Gasteiger partial charge in [-0.25, -0.2) is 0 Å². The highest BCUT2D eigenvalue weighted by atomic mass is 15.0. The number of rotatable bonds is 3. The van der Waals surface area contributed by atoms with Crippen LogP contribution >= 0.6 is 0 Å². The lowest BCUT2D eigenvalue weighted by Gasteiger charge is -2.38. The molecule has 0 aromatic rings. The van der Waals surface area contributed by atoms with Crippen LogP contribution in [0.4, 0.5) is 0 Å². The van der Waals surface area contributed by atoms with Crippen LogP contribution in [-0.4, -0.2) is 12.1 Å². The molecule has 2 fully saturated rings. The maximum Gasteiger partial charge on any atom is 0.00698 e. The van der Waals surface area contributed by atoms with Gasteiger partial charge in [0.1, 0.15) is 0 Å². The van der Waals surface area contributed by atoms with Gasteiger partial charge in [0.15, 0.2) is 0 Å². The van der Waals surface area contributed by atoms with Gasteiger partial charge < -0.3 is 5.32 Å². The van der Waals surface area contributed by atoms with E-state index in [0.29, 0.717) is 5.41 Å². The lowest BCUT2D eigenvalue weighted by Crippen LogP contribution is -2.43. The molecule has 0 bridgehead atoms. The summed E-state index contributed by atoms with van der Waals surface area (Å²) in [5.74, 6) is 1.91. The summed E-state index contributed by atoms with van der Waals surface area (Å²) in [5.41, 5.74) is 0.516.